The molecular formula is C12H20O4. The maximum atomic E-state index is 11.3. The number of ether oxygens (including phenoxy) is 3. The molecule has 1 heterocycles. The number of fused-ring (bicyclic) bond motifs is 1. The fourth-order valence-corrected chi connectivity index (χ4v) is 3.41. The van der Waals surface area contributed by atoms with Crippen LogP contribution in [-0.4, -0.2) is 32.1 Å². The largest absolute Gasteiger partial charge is 0.462 e. The zero-order chi connectivity index (χ0) is 11.9. The van der Waals surface area contributed by atoms with Gasteiger partial charge in [0, 0.05) is 26.1 Å². The highest BCUT2D eigenvalue weighted by atomic mass is 16.7. The highest BCUT2D eigenvalue weighted by Gasteiger charge is 2.55. The fraction of sp³-hybridized carbons (Fsp3) is 0.917. The van der Waals surface area contributed by atoms with E-state index in [1.165, 1.54) is 0 Å². The SMILES string of the molecule is COC(C)(OC)[C@@H]1[C@H]2CC(=O)O[C@H]2C[C@H]1C. The summed E-state index contributed by atoms with van der Waals surface area (Å²) in [6.07, 6.45) is 1.49. The first-order chi connectivity index (χ1) is 7.51. The number of carbonyl (C=O) groups excluding carboxylic acids is 1. The normalized spacial score (nSPS) is 38.6. The minimum atomic E-state index is -0.618. The van der Waals surface area contributed by atoms with E-state index in [0.29, 0.717) is 12.3 Å². The van der Waals surface area contributed by atoms with E-state index in [-0.39, 0.29) is 23.9 Å². The highest BCUT2D eigenvalue weighted by molar-refractivity contribution is 5.72. The molecule has 92 valence electrons. The molecular weight excluding hydrogens is 208 g/mol. The second-order valence-corrected chi connectivity index (χ2v) is 5.06. The van der Waals surface area contributed by atoms with Gasteiger partial charge in [0.1, 0.15) is 6.10 Å². The lowest BCUT2D eigenvalue weighted by Crippen LogP contribution is -2.43. The van der Waals surface area contributed by atoms with E-state index in [9.17, 15) is 4.79 Å². The standard InChI is InChI=1S/C12H20O4/c1-7-5-9-8(6-10(13)16-9)11(7)12(2,14-3)15-4/h7-9,11H,5-6H2,1-4H3/t7-,8+,9+,11+/m1/s1. The Balaban J connectivity index is 2.22. The second-order valence-electron chi connectivity index (χ2n) is 5.06. The van der Waals surface area contributed by atoms with Gasteiger partial charge in [-0.3, -0.25) is 4.79 Å². The molecule has 1 aliphatic carbocycles. The van der Waals surface area contributed by atoms with Gasteiger partial charge < -0.3 is 14.2 Å². The third-order valence-corrected chi connectivity index (χ3v) is 4.26. The summed E-state index contributed by atoms with van der Waals surface area (Å²) < 4.78 is 16.3. The van der Waals surface area contributed by atoms with Crippen LogP contribution in [0.3, 0.4) is 0 Å². The van der Waals surface area contributed by atoms with Crippen molar-refractivity contribution in [3.63, 3.8) is 0 Å². The van der Waals surface area contributed by atoms with Gasteiger partial charge in [-0.05, 0) is 19.3 Å². The van der Waals surface area contributed by atoms with Crippen LogP contribution in [0.2, 0.25) is 0 Å². The van der Waals surface area contributed by atoms with Gasteiger partial charge in [-0.25, -0.2) is 0 Å². The van der Waals surface area contributed by atoms with Gasteiger partial charge in [0.15, 0.2) is 5.79 Å². The zero-order valence-corrected chi connectivity index (χ0v) is 10.4. The van der Waals surface area contributed by atoms with E-state index in [4.69, 9.17) is 14.2 Å². The number of esters is 1. The molecule has 1 aliphatic heterocycles. The van der Waals surface area contributed by atoms with Crippen LogP contribution in [0.25, 0.3) is 0 Å². The summed E-state index contributed by atoms with van der Waals surface area (Å²) >= 11 is 0. The van der Waals surface area contributed by atoms with E-state index in [2.05, 4.69) is 6.92 Å². The summed E-state index contributed by atoms with van der Waals surface area (Å²) in [5.41, 5.74) is 0. The van der Waals surface area contributed by atoms with Crippen molar-refractivity contribution < 1.29 is 19.0 Å². The van der Waals surface area contributed by atoms with Crippen LogP contribution >= 0.6 is 0 Å². The van der Waals surface area contributed by atoms with Crippen LogP contribution in [-0.2, 0) is 19.0 Å². The van der Waals surface area contributed by atoms with E-state index in [1.807, 2.05) is 6.92 Å². The molecule has 2 aliphatic rings. The Morgan fingerprint density at radius 3 is 2.56 bits per heavy atom. The van der Waals surface area contributed by atoms with Crippen LogP contribution in [0.1, 0.15) is 26.7 Å². The molecule has 4 heteroatoms. The molecule has 1 saturated heterocycles. The lowest BCUT2D eigenvalue weighted by atomic mass is 9.82. The molecule has 2 fully saturated rings. The lowest BCUT2D eigenvalue weighted by Gasteiger charge is -2.37. The first-order valence-electron chi connectivity index (χ1n) is 5.81. The minimum absolute atomic E-state index is 0.0668. The molecule has 0 aromatic carbocycles. The second kappa shape index (κ2) is 4.00. The van der Waals surface area contributed by atoms with Gasteiger partial charge in [0.05, 0.1) is 6.42 Å². The van der Waals surface area contributed by atoms with Crippen molar-refractivity contribution in [2.75, 3.05) is 14.2 Å². The van der Waals surface area contributed by atoms with Crippen molar-refractivity contribution in [2.24, 2.45) is 17.8 Å². The van der Waals surface area contributed by atoms with Crippen LogP contribution in [0.5, 0.6) is 0 Å². The summed E-state index contributed by atoms with van der Waals surface area (Å²) in [6.45, 7) is 4.12. The maximum Gasteiger partial charge on any atom is 0.306 e. The third kappa shape index (κ3) is 1.64. The smallest absolute Gasteiger partial charge is 0.306 e. The van der Waals surface area contributed by atoms with Crippen LogP contribution < -0.4 is 0 Å². The molecule has 16 heavy (non-hydrogen) atoms. The number of hydrogen-bond donors (Lipinski definition) is 0. The molecule has 0 bridgehead atoms. The van der Waals surface area contributed by atoms with Gasteiger partial charge in [0.25, 0.3) is 0 Å². The van der Waals surface area contributed by atoms with Gasteiger partial charge in [-0.15, -0.1) is 0 Å². The molecule has 0 amide bonds. The quantitative estimate of drug-likeness (QED) is 0.543. The van der Waals surface area contributed by atoms with Crippen LogP contribution in [0.4, 0.5) is 0 Å². The van der Waals surface area contributed by atoms with Crippen molar-refractivity contribution in [3.05, 3.63) is 0 Å². The van der Waals surface area contributed by atoms with Crippen molar-refractivity contribution in [2.45, 2.75) is 38.6 Å². The molecule has 0 aromatic heterocycles. The Bertz CT molecular complexity index is 285. The Labute approximate surface area is 96.2 Å². The van der Waals surface area contributed by atoms with E-state index >= 15 is 0 Å². The molecule has 1 saturated carbocycles. The Hall–Kier alpha value is -0.610. The molecule has 2 rings (SSSR count). The molecule has 0 N–H and O–H groups in total. The van der Waals surface area contributed by atoms with E-state index < -0.39 is 5.79 Å². The predicted molar refractivity (Wildman–Crippen MR) is 57.7 cm³/mol. The van der Waals surface area contributed by atoms with Crippen molar-refractivity contribution in [3.8, 4) is 0 Å². The van der Waals surface area contributed by atoms with Gasteiger partial charge in [-0.1, -0.05) is 6.92 Å². The minimum Gasteiger partial charge on any atom is -0.462 e. The maximum absolute atomic E-state index is 11.3. The summed E-state index contributed by atoms with van der Waals surface area (Å²) in [5.74, 6) is 0.216. The van der Waals surface area contributed by atoms with E-state index in [0.717, 1.165) is 6.42 Å². The number of hydrogen-bond acceptors (Lipinski definition) is 4. The van der Waals surface area contributed by atoms with Crippen molar-refractivity contribution in [1.29, 1.82) is 0 Å². The van der Waals surface area contributed by atoms with Crippen LogP contribution in [0, 0.1) is 17.8 Å². The van der Waals surface area contributed by atoms with E-state index in [1.54, 1.807) is 14.2 Å². The Kier molecular flexibility index (Phi) is 2.97. The molecule has 0 radical (unpaired) electrons. The van der Waals surface area contributed by atoms with Gasteiger partial charge >= 0.3 is 5.97 Å². The predicted octanol–water partition coefficient (Wildman–Crippen LogP) is 1.58. The molecule has 0 aromatic rings. The van der Waals surface area contributed by atoms with Crippen LogP contribution in [0.15, 0.2) is 0 Å². The Morgan fingerprint density at radius 1 is 1.38 bits per heavy atom. The highest BCUT2D eigenvalue weighted by Crippen LogP contribution is 2.50. The first kappa shape index (κ1) is 11.9. The van der Waals surface area contributed by atoms with Gasteiger partial charge in [-0.2, -0.15) is 0 Å². The molecule has 4 nitrogen and oxygen atoms in total. The average Bonchev–Trinajstić information content (AvgIpc) is 2.72. The topological polar surface area (TPSA) is 44.8 Å². The average molecular weight is 228 g/mol. The fourth-order valence-electron chi connectivity index (χ4n) is 3.41. The number of carbonyl (C=O) groups is 1. The summed E-state index contributed by atoms with van der Waals surface area (Å²) in [7, 11) is 3.31. The summed E-state index contributed by atoms with van der Waals surface area (Å²) in [4.78, 5) is 11.3. The number of methoxy groups -OCH3 is 2. The molecule has 0 spiro atoms. The third-order valence-electron chi connectivity index (χ3n) is 4.26. The summed E-state index contributed by atoms with van der Waals surface area (Å²) in [5, 5.41) is 0. The Morgan fingerprint density at radius 2 is 2.00 bits per heavy atom. The first-order valence-corrected chi connectivity index (χ1v) is 5.81. The lowest BCUT2D eigenvalue weighted by molar-refractivity contribution is -0.241. The summed E-state index contributed by atoms with van der Waals surface area (Å²) in [6, 6.07) is 0. The van der Waals surface area contributed by atoms with Crippen molar-refractivity contribution >= 4 is 5.97 Å². The number of rotatable bonds is 3. The monoisotopic (exact) mass is 228 g/mol. The van der Waals surface area contributed by atoms with Gasteiger partial charge in [0.2, 0.25) is 0 Å². The van der Waals surface area contributed by atoms with Crippen molar-refractivity contribution in [1.82, 2.24) is 0 Å². The molecule has 4 atom stereocenters. The molecule has 0 unspecified atom stereocenters. The zero-order valence-electron chi connectivity index (χ0n) is 10.4.